The standard InChI is InChI=1S/C8H14N2O2/c1-5(2)9-6-3-4-7(11)10-8(6)12/h5-6,9H,3-4H2,1-2H3,(H,10,11,12)/t6-/m0/s1. The number of nitrogens with one attached hydrogen (secondary N) is 2. The maximum Gasteiger partial charge on any atom is 0.243 e. The maximum absolute atomic E-state index is 11.1. The van der Waals surface area contributed by atoms with E-state index in [-0.39, 0.29) is 23.9 Å². The number of hydrogen-bond donors (Lipinski definition) is 2. The molecule has 1 saturated heterocycles. The lowest BCUT2D eigenvalue weighted by Gasteiger charge is -2.23. The Morgan fingerprint density at radius 2 is 2.17 bits per heavy atom. The number of amides is 2. The number of rotatable bonds is 2. The molecule has 2 amide bonds. The highest BCUT2D eigenvalue weighted by molar-refractivity contribution is 6.00. The van der Waals surface area contributed by atoms with Gasteiger partial charge in [-0.15, -0.1) is 0 Å². The summed E-state index contributed by atoms with van der Waals surface area (Å²) < 4.78 is 0. The largest absolute Gasteiger partial charge is 0.304 e. The molecule has 0 saturated carbocycles. The molecule has 0 spiro atoms. The highest BCUT2D eigenvalue weighted by atomic mass is 16.2. The number of hydrogen-bond acceptors (Lipinski definition) is 3. The summed E-state index contributed by atoms with van der Waals surface area (Å²) in [5.41, 5.74) is 0. The van der Waals surface area contributed by atoms with E-state index in [9.17, 15) is 9.59 Å². The van der Waals surface area contributed by atoms with E-state index in [1.165, 1.54) is 0 Å². The van der Waals surface area contributed by atoms with Crippen LogP contribution in [0.25, 0.3) is 0 Å². The molecule has 4 heteroatoms. The smallest absolute Gasteiger partial charge is 0.243 e. The predicted octanol–water partition coefficient (Wildman–Crippen LogP) is -0.210. The van der Waals surface area contributed by atoms with Gasteiger partial charge in [-0.1, -0.05) is 13.8 Å². The summed E-state index contributed by atoms with van der Waals surface area (Å²) in [5.74, 6) is -0.359. The third kappa shape index (κ3) is 2.30. The molecule has 1 rings (SSSR count). The van der Waals surface area contributed by atoms with E-state index >= 15 is 0 Å². The van der Waals surface area contributed by atoms with Crippen molar-refractivity contribution in [2.24, 2.45) is 0 Å². The third-order valence-electron chi connectivity index (χ3n) is 1.77. The van der Waals surface area contributed by atoms with E-state index in [0.717, 1.165) is 0 Å². The Balaban J connectivity index is 2.45. The molecule has 0 radical (unpaired) electrons. The van der Waals surface area contributed by atoms with Crippen molar-refractivity contribution in [2.75, 3.05) is 0 Å². The maximum atomic E-state index is 11.1. The molecule has 0 unspecified atom stereocenters. The molecule has 1 fully saturated rings. The Hall–Kier alpha value is -0.900. The van der Waals surface area contributed by atoms with Crippen LogP contribution in [-0.4, -0.2) is 23.9 Å². The van der Waals surface area contributed by atoms with Gasteiger partial charge in [0.2, 0.25) is 11.8 Å². The van der Waals surface area contributed by atoms with Crippen molar-refractivity contribution in [2.45, 2.75) is 38.8 Å². The van der Waals surface area contributed by atoms with E-state index in [1.54, 1.807) is 0 Å². The van der Waals surface area contributed by atoms with Gasteiger partial charge in [-0.2, -0.15) is 0 Å². The van der Waals surface area contributed by atoms with Crippen LogP contribution in [-0.2, 0) is 9.59 Å². The van der Waals surface area contributed by atoms with Gasteiger partial charge in [0.25, 0.3) is 0 Å². The first-order valence-electron chi connectivity index (χ1n) is 4.19. The monoisotopic (exact) mass is 170 g/mol. The molecule has 0 bridgehead atoms. The SMILES string of the molecule is CC(C)N[C@H]1CCC(=O)NC1=O. The summed E-state index contributed by atoms with van der Waals surface area (Å²) in [6, 6.07) is 0.0802. The lowest BCUT2D eigenvalue weighted by molar-refractivity contribution is -0.134. The zero-order valence-electron chi connectivity index (χ0n) is 7.39. The lowest BCUT2D eigenvalue weighted by atomic mass is 10.1. The van der Waals surface area contributed by atoms with Gasteiger partial charge in [-0.3, -0.25) is 14.9 Å². The summed E-state index contributed by atoms with van der Waals surface area (Å²) in [6.45, 7) is 3.95. The van der Waals surface area contributed by atoms with Gasteiger partial charge >= 0.3 is 0 Å². The Morgan fingerprint density at radius 3 is 2.67 bits per heavy atom. The molecule has 0 aliphatic carbocycles. The summed E-state index contributed by atoms with van der Waals surface area (Å²) in [4.78, 5) is 21.9. The van der Waals surface area contributed by atoms with Crippen molar-refractivity contribution in [3.05, 3.63) is 0 Å². The van der Waals surface area contributed by atoms with Crippen LogP contribution in [0, 0.1) is 0 Å². The lowest BCUT2D eigenvalue weighted by Crippen LogP contribution is -2.52. The second-order valence-electron chi connectivity index (χ2n) is 3.33. The van der Waals surface area contributed by atoms with Crippen LogP contribution in [0.2, 0.25) is 0 Å². The van der Waals surface area contributed by atoms with Gasteiger partial charge < -0.3 is 5.32 Å². The Kier molecular flexibility index (Phi) is 2.81. The highest BCUT2D eigenvalue weighted by Crippen LogP contribution is 2.04. The summed E-state index contributed by atoms with van der Waals surface area (Å²) >= 11 is 0. The van der Waals surface area contributed by atoms with Crippen LogP contribution < -0.4 is 10.6 Å². The van der Waals surface area contributed by atoms with Crippen LogP contribution in [0.4, 0.5) is 0 Å². The summed E-state index contributed by atoms with van der Waals surface area (Å²) in [5, 5.41) is 5.38. The van der Waals surface area contributed by atoms with Crippen LogP contribution in [0.5, 0.6) is 0 Å². The second kappa shape index (κ2) is 3.67. The minimum absolute atomic E-state index is 0.165. The van der Waals surface area contributed by atoms with E-state index < -0.39 is 0 Å². The first-order chi connectivity index (χ1) is 5.59. The van der Waals surface area contributed by atoms with Gasteiger partial charge in [0.1, 0.15) is 0 Å². The molecule has 1 heterocycles. The average Bonchev–Trinajstić information content (AvgIpc) is 1.94. The summed E-state index contributed by atoms with van der Waals surface area (Å²) in [7, 11) is 0. The fourth-order valence-electron chi connectivity index (χ4n) is 1.25. The molecule has 1 atom stereocenters. The molecule has 68 valence electrons. The molecule has 0 aromatic heterocycles. The molecule has 1 aliphatic heterocycles. The normalized spacial score (nSPS) is 24.4. The van der Waals surface area contributed by atoms with Crippen LogP contribution in [0.15, 0.2) is 0 Å². The number of piperidine rings is 1. The predicted molar refractivity (Wildman–Crippen MR) is 44.4 cm³/mol. The minimum Gasteiger partial charge on any atom is -0.304 e. The molecule has 12 heavy (non-hydrogen) atoms. The molecule has 0 aromatic carbocycles. The van der Waals surface area contributed by atoms with Gasteiger partial charge in [0.15, 0.2) is 0 Å². The van der Waals surface area contributed by atoms with E-state index in [2.05, 4.69) is 10.6 Å². The Morgan fingerprint density at radius 1 is 1.50 bits per heavy atom. The number of carbonyl (C=O) groups excluding carboxylic acids is 2. The second-order valence-corrected chi connectivity index (χ2v) is 3.33. The average molecular weight is 170 g/mol. The Bertz CT molecular complexity index is 201. The molecular weight excluding hydrogens is 156 g/mol. The molecular formula is C8H14N2O2. The van der Waals surface area contributed by atoms with Gasteiger partial charge in [-0.25, -0.2) is 0 Å². The zero-order chi connectivity index (χ0) is 9.14. The van der Waals surface area contributed by atoms with Crippen LogP contribution >= 0.6 is 0 Å². The van der Waals surface area contributed by atoms with Crippen molar-refractivity contribution in [1.82, 2.24) is 10.6 Å². The first-order valence-corrected chi connectivity index (χ1v) is 4.19. The van der Waals surface area contributed by atoms with Crippen molar-refractivity contribution in [3.8, 4) is 0 Å². The van der Waals surface area contributed by atoms with Crippen molar-refractivity contribution >= 4 is 11.8 Å². The molecule has 0 aromatic rings. The first kappa shape index (κ1) is 9.19. The van der Waals surface area contributed by atoms with Gasteiger partial charge in [0.05, 0.1) is 6.04 Å². The van der Waals surface area contributed by atoms with Crippen LogP contribution in [0.3, 0.4) is 0 Å². The van der Waals surface area contributed by atoms with E-state index in [0.29, 0.717) is 12.8 Å². The van der Waals surface area contributed by atoms with Crippen molar-refractivity contribution in [1.29, 1.82) is 0 Å². The van der Waals surface area contributed by atoms with Crippen molar-refractivity contribution < 1.29 is 9.59 Å². The molecule has 1 aliphatic rings. The fourth-order valence-corrected chi connectivity index (χ4v) is 1.25. The molecule has 4 nitrogen and oxygen atoms in total. The third-order valence-corrected chi connectivity index (χ3v) is 1.77. The molecule has 2 N–H and O–H groups in total. The number of imide groups is 1. The Labute approximate surface area is 71.7 Å². The van der Waals surface area contributed by atoms with Crippen molar-refractivity contribution in [3.63, 3.8) is 0 Å². The quantitative estimate of drug-likeness (QED) is 0.564. The van der Waals surface area contributed by atoms with Gasteiger partial charge in [-0.05, 0) is 6.42 Å². The topological polar surface area (TPSA) is 58.2 Å². The fraction of sp³-hybridized carbons (Fsp3) is 0.750. The van der Waals surface area contributed by atoms with Gasteiger partial charge in [0, 0.05) is 12.5 Å². The zero-order valence-corrected chi connectivity index (χ0v) is 7.39. The number of carbonyl (C=O) groups is 2. The highest BCUT2D eigenvalue weighted by Gasteiger charge is 2.26. The minimum atomic E-state index is -0.194. The van der Waals surface area contributed by atoms with Crippen LogP contribution in [0.1, 0.15) is 26.7 Å². The van der Waals surface area contributed by atoms with E-state index in [4.69, 9.17) is 0 Å². The van der Waals surface area contributed by atoms with E-state index in [1.807, 2.05) is 13.8 Å². The summed E-state index contributed by atoms with van der Waals surface area (Å²) in [6.07, 6.45) is 1.05.